The molecule has 6 heteroatoms. The molecule has 0 aromatic heterocycles. The zero-order chi connectivity index (χ0) is 15.3. The number of carboxylic acid groups (broad SMARTS) is 1. The lowest BCUT2D eigenvalue weighted by atomic mass is 9.96. The first-order valence-corrected chi connectivity index (χ1v) is 7.11. The Balaban J connectivity index is 2.56. The van der Waals surface area contributed by atoms with Crippen LogP contribution in [-0.2, 0) is 9.53 Å². The van der Waals surface area contributed by atoms with Crippen LogP contribution in [0.1, 0.15) is 46.5 Å². The molecule has 0 aliphatic carbocycles. The summed E-state index contributed by atoms with van der Waals surface area (Å²) in [6, 6.07) is -0.713. The van der Waals surface area contributed by atoms with Crippen LogP contribution in [-0.4, -0.2) is 53.3 Å². The van der Waals surface area contributed by atoms with Gasteiger partial charge < -0.3 is 20.1 Å². The van der Waals surface area contributed by atoms with Crippen LogP contribution in [0, 0.1) is 0 Å². The van der Waals surface area contributed by atoms with Crippen LogP contribution >= 0.6 is 0 Å². The Hall–Kier alpha value is -1.30. The molecule has 20 heavy (non-hydrogen) atoms. The van der Waals surface area contributed by atoms with E-state index in [9.17, 15) is 14.7 Å². The SMILES string of the molecule is CN1CCCCC1CC(NC(=O)OC(C)(C)C)C(=O)O. The third kappa shape index (κ3) is 5.77. The molecular formula is C14H26N2O4. The third-order valence-corrected chi connectivity index (χ3v) is 3.42. The molecule has 0 bridgehead atoms. The van der Waals surface area contributed by atoms with Crippen molar-refractivity contribution < 1.29 is 19.4 Å². The average molecular weight is 286 g/mol. The summed E-state index contributed by atoms with van der Waals surface area (Å²) < 4.78 is 5.11. The van der Waals surface area contributed by atoms with Crippen LogP contribution in [0.3, 0.4) is 0 Å². The molecule has 1 aliphatic heterocycles. The van der Waals surface area contributed by atoms with Gasteiger partial charge in [-0.1, -0.05) is 6.42 Å². The van der Waals surface area contributed by atoms with Crippen LogP contribution in [0.25, 0.3) is 0 Å². The van der Waals surface area contributed by atoms with Gasteiger partial charge in [-0.05, 0) is 53.6 Å². The number of carbonyl (C=O) groups excluding carboxylic acids is 1. The Morgan fingerprint density at radius 2 is 2.05 bits per heavy atom. The van der Waals surface area contributed by atoms with Crippen molar-refractivity contribution in [1.82, 2.24) is 10.2 Å². The smallest absolute Gasteiger partial charge is 0.408 e. The molecule has 0 radical (unpaired) electrons. The van der Waals surface area contributed by atoms with E-state index in [0.29, 0.717) is 6.42 Å². The summed E-state index contributed by atoms with van der Waals surface area (Å²) in [6.45, 7) is 6.22. The Labute approximate surface area is 120 Å². The Kier molecular flexibility index (Phi) is 5.80. The summed E-state index contributed by atoms with van der Waals surface area (Å²) in [5.74, 6) is -1.02. The van der Waals surface area contributed by atoms with Crippen molar-refractivity contribution in [1.29, 1.82) is 0 Å². The highest BCUT2D eigenvalue weighted by Gasteiger charge is 2.29. The van der Waals surface area contributed by atoms with Gasteiger partial charge in [0.25, 0.3) is 0 Å². The number of hydrogen-bond donors (Lipinski definition) is 2. The molecule has 1 heterocycles. The second kappa shape index (κ2) is 6.92. The van der Waals surface area contributed by atoms with Crippen molar-refractivity contribution in [3.8, 4) is 0 Å². The monoisotopic (exact) mass is 286 g/mol. The minimum Gasteiger partial charge on any atom is -0.480 e. The van der Waals surface area contributed by atoms with Gasteiger partial charge in [-0.25, -0.2) is 9.59 Å². The van der Waals surface area contributed by atoms with Gasteiger partial charge in [0.05, 0.1) is 0 Å². The number of ether oxygens (including phenoxy) is 1. The molecule has 1 aliphatic rings. The maximum atomic E-state index is 11.7. The number of aliphatic carboxylic acids is 1. The topological polar surface area (TPSA) is 78.9 Å². The molecule has 1 saturated heterocycles. The van der Waals surface area contributed by atoms with E-state index in [4.69, 9.17) is 4.74 Å². The molecule has 6 nitrogen and oxygen atoms in total. The number of nitrogens with one attached hydrogen (secondary N) is 1. The Bertz CT molecular complexity index is 352. The van der Waals surface area contributed by atoms with Gasteiger partial charge in [-0.2, -0.15) is 0 Å². The van der Waals surface area contributed by atoms with Gasteiger partial charge in [-0.3, -0.25) is 0 Å². The number of amides is 1. The Morgan fingerprint density at radius 1 is 1.40 bits per heavy atom. The molecule has 0 saturated carbocycles. The van der Waals surface area contributed by atoms with Gasteiger partial charge in [0.15, 0.2) is 0 Å². The minimum atomic E-state index is -1.02. The molecule has 2 atom stereocenters. The normalized spacial score (nSPS) is 22.1. The summed E-state index contributed by atoms with van der Waals surface area (Å²) in [5, 5.41) is 11.7. The first-order valence-electron chi connectivity index (χ1n) is 7.11. The summed E-state index contributed by atoms with van der Waals surface area (Å²) >= 11 is 0. The average Bonchev–Trinajstić information content (AvgIpc) is 2.28. The molecule has 116 valence electrons. The maximum absolute atomic E-state index is 11.7. The van der Waals surface area contributed by atoms with Gasteiger partial charge >= 0.3 is 12.1 Å². The predicted octanol–water partition coefficient (Wildman–Crippen LogP) is 1.84. The van der Waals surface area contributed by atoms with Crippen molar-refractivity contribution in [2.24, 2.45) is 0 Å². The zero-order valence-corrected chi connectivity index (χ0v) is 12.8. The molecular weight excluding hydrogens is 260 g/mol. The number of hydrogen-bond acceptors (Lipinski definition) is 4. The number of piperidine rings is 1. The number of likely N-dealkylation sites (tertiary alicyclic amines) is 1. The lowest BCUT2D eigenvalue weighted by Crippen LogP contribution is -2.48. The zero-order valence-electron chi connectivity index (χ0n) is 12.8. The fourth-order valence-corrected chi connectivity index (χ4v) is 2.39. The van der Waals surface area contributed by atoms with Crippen molar-refractivity contribution in [2.45, 2.75) is 64.1 Å². The molecule has 2 unspecified atom stereocenters. The van der Waals surface area contributed by atoms with Crippen LogP contribution in [0.5, 0.6) is 0 Å². The van der Waals surface area contributed by atoms with E-state index < -0.39 is 23.7 Å². The first-order chi connectivity index (χ1) is 9.19. The first kappa shape index (κ1) is 16.8. The van der Waals surface area contributed by atoms with Gasteiger partial charge in [0.1, 0.15) is 11.6 Å². The van der Waals surface area contributed by atoms with Crippen molar-refractivity contribution >= 4 is 12.1 Å². The second-order valence-corrected chi connectivity index (χ2v) is 6.40. The quantitative estimate of drug-likeness (QED) is 0.824. The summed E-state index contributed by atoms with van der Waals surface area (Å²) in [7, 11) is 2.00. The number of carboxylic acids is 1. The second-order valence-electron chi connectivity index (χ2n) is 6.40. The third-order valence-electron chi connectivity index (χ3n) is 3.42. The van der Waals surface area contributed by atoms with Crippen LogP contribution in [0.2, 0.25) is 0 Å². The summed E-state index contributed by atoms with van der Waals surface area (Å²) in [4.78, 5) is 25.1. The summed E-state index contributed by atoms with van der Waals surface area (Å²) in [5.41, 5.74) is -0.630. The maximum Gasteiger partial charge on any atom is 0.408 e. The molecule has 1 rings (SSSR count). The largest absolute Gasteiger partial charge is 0.480 e. The van der Waals surface area contributed by atoms with E-state index in [1.165, 1.54) is 0 Å². The van der Waals surface area contributed by atoms with Crippen molar-refractivity contribution in [3.63, 3.8) is 0 Å². The number of carbonyl (C=O) groups is 2. The van der Waals surface area contributed by atoms with Crippen LogP contribution < -0.4 is 5.32 Å². The van der Waals surface area contributed by atoms with Gasteiger partial charge in [0.2, 0.25) is 0 Å². The molecule has 0 aromatic rings. The number of rotatable bonds is 4. The lowest BCUT2D eigenvalue weighted by molar-refractivity contribution is -0.140. The van der Waals surface area contributed by atoms with E-state index >= 15 is 0 Å². The van der Waals surface area contributed by atoms with Crippen LogP contribution in [0.4, 0.5) is 4.79 Å². The predicted molar refractivity (Wildman–Crippen MR) is 75.7 cm³/mol. The van der Waals surface area contributed by atoms with E-state index in [1.54, 1.807) is 20.8 Å². The molecule has 0 aromatic carbocycles. The molecule has 1 amide bonds. The fourth-order valence-electron chi connectivity index (χ4n) is 2.39. The number of alkyl carbamates (subject to hydrolysis) is 1. The Morgan fingerprint density at radius 3 is 2.55 bits per heavy atom. The van der Waals surface area contributed by atoms with E-state index in [-0.39, 0.29) is 6.04 Å². The highest BCUT2D eigenvalue weighted by atomic mass is 16.6. The van der Waals surface area contributed by atoms with Crippen molar-refractivity contribution in [3.05, 3.63) is 0 Å². The van der Waals surface area contributed by atoms with Gasteiger partial charge in [-0.15, -0.1) is 0 Å². The minimum absolute atomic E-state index is 0.194. The molecule has 1 fully saturated rings. The van der Waals surface area contributed by atoms with Crippen LogP contribution in [0.15, 0.2) is 0 Å². The standard InChI is InChI=1S/C14H26N2O4/c1-14(2,3)20-13(19)15-11(12(17)18)9-10-7-5-6-8-16(10)4/h10-11H,5-9H2,1-4H3,(H,15,19)(H,17,18). The highest BCUT2D eigenvalue weighted by Crippen LogP contribution is 2.19. The lowest BCUT2D eigenvalue weighted by Gasteiger charge is -2.34. The van der Waals surface area contributed by atoms with Crippen molar-refractivity contribution in [2.75, 3.05) is 13.6 Å². The molecule has 2 N–H and O–H groups in total. The molecule has 0 spiro atoms. The number of nitrogens with zero attached hydrogens (tertiary/aromatic N) is 1. The fraction of sp³-hybridized carbons (Fsp3) is 0.857. The van der Waals surface area contributed by atoms with E-state index in [0.717, 1.165) is 25.8 Å². The van der Waals surface area contributed by atoms with Gasteiger partial charge in [0, 0.05) is 6.04 Å². The van der Waals surface area contributed by atoms with E-state index in [1.807, 2.05) is 7.05 Å². The summed E-state index contributed by atoms with van der Waals surface area (Å²) in [6.07, 6.45) is 2.95. The highest BCUT2D eigenvalue weighted by molar-refractivity contribution is 5.80. The van der Waals surface area contributed by atoms with E-state index in [2.05, 4.69) is 10.2 Å².